The minimum Gasteiger partial charge on any atom is -0.733 e. The zero-order valence-electron chi connectivity index (χ0n) is 14.3. The largest absolute Gasteiger partial charge is 0.733 e. The van der Waals surface area contributed by atoms with E-state index in [1.165, 1.54) is 12.1 Å². The number of aliphatic hydroxyl groups is 1. The molecule has 3 heterocycles. The standard InChI is InChI=1S/C18H18N5O4/c24-15-8-16(22(11-15)10-12-3-2-6-19-9-12)18-20-17(21-27-18)13-4-1-5-14(7-13)23(25)26/h1-7,9,15-16,24-25H,8,10-11H2/q-1/t15-,16+/m1/s1. The molecule has 2 aromatic heterocycles. The Morgan fingerprint density at radius 1 is 1.30 bits per heavy atom. The van der Waals surface area contributed by atoms with E-state index in [-0.39, 0.29) is 17.0 Å². The number of anilines is 1. The summed E-state index contributed by atoms with van der Waals surface area (Å²) in [6.45, 7) is 1.11. The van der Waals surface area contributed by atoms with Crippen molar-refractivity contribution in [3.8, 4) is 11.4 Å². The van der Waals surface area contributed by atoms with Crippen molar-refractivity contribution in [2.24, 2.45) is 0 Å². The number of pyridine rings is 1. The Morgan fingerprint density at radius 3 is 2.96 bits per heavy atom. The molecule has 0 amide bonds. The second-order valence-corrected chi connectivity index (χ2v) is 6.48. The molecule has 1 aliphatic rings. The van der Waals surface area contributed by atoms with E-state index in [9.17, 15) is 10.3 Å². The molecule has 4 rings (SSSR count). The molecule has 9 nitrogen and oxygen atoms in total. The fourth-order valence-corrected chi connectivity index (χ4v) is 3.29. The van der Waals surface area contributed by atoms with E-state index in [1.807, 2.05) is 12.1 Å². The van der Waals surface area contributed by atoms with Crippen LogP contribution >= 0.6 is 0 Å². The molecule has 1 fully saturated rings. The maximum absolute atomic E-state index is 11.1. The lowest BCUT2D eigenvalue weighted by molar-refractivity contribution is 0.169. The Morgan fingerprint density at radius 2 is 2.19 bits per heavy atom. The number of rotatable bonds is 5. The Labute approximate surface area is 155 Å². The number of aliphatic hydroxyl groups excluding tert-OH is 1. The quantitative estimate of drug-likeness (QED) is 0.652. The van der Waals surface area contributed by atoms with Gasteiger partial charge in [-0.15, -0.1) is 0 Å². The number of nitrogens with zero attached hydrogens (tertiary/aromatic N) is 5. The molecule has 2 N–H and O–H groups in total. The van der Waals surface area contributed by atoms with Crippen molar-refractivity contribution >= 4 is 5.69 Å². The van der Waals surface area contributed by atoms with E-state index >= 15 is 0 Å². The number of benzene rings is 1. The van der Waals surface area contributed by atoms with E-state index in [4.69, 9.17) is 9.73 Å². The van der Waals surface area contributed by atoms with Gasteiger partial charge in [0.25, 0.3) is 0 Å². The molecule has 3 aromatic rings. The van der Waals surface area contributed by atoms with E-state index in [2.05, 4.69) is 20.0 Å². The minimum atomic E-state index is -0.478. The summed E-state index contributed by atoms with van der Waals surface area (Å²) in [5, 5.41) is 34.0. The molecule has 1 saturated heterocycles. The summed E-state index contributed by atoms with van der Waals surface area (Å²) in [6, 6.07) is 9.92. The maximum atomic E-state index is 11.1. The van der Waals surface area contributed by atoms with Gasteiger partial charge in [-0.2, -0.15) is 4.98 Å². The third-order valence-corrected chi connectivity index (χ3v) is 4.54. The zero-order chi connectivity index (χ0) is 18.8. The first-order valence-corrected chi connectivity index (χ1v) is 8.51. The smallest absolute Gasteiger partial charge is 0.244 e. The molecule has 0 spiro atoms. The maximum Gasteiger partial charge on any atom is 0.244 e. The molecule has 0 saturated carbocycles. The predicted octanol–water partition coefficient (Wildman–Crippen LogP) is 2.13. The zero-order valence-corrected chi connectivity index (χ0v) is 14.3. The summed E-state index contributed by atoms with van der Waals surface area (Å²) in [7, 11) is 0. The number of hydrogen-bond donors (Lipinski definition) is 2. The highest BCUT2D eigenvalue weighted by Crippen LogP contribution is 2.33. The Hall–Kier alpha value is -2.85. The van der Waals surface area contributed by atoms with Crippen molar-refractivity contribution in [2.75, 3.05) is 11.8 Å². The first-order valence-electron chi connectivity index (χ1n) is 8.51. The summed E-state index contributed by atoms with van der Waals surface area (Å²) in [5.41, 5.74) is 1.66. The highest BCUT2D eigenvalue weighted by molar-refractivity contribution is 5.62. The topological polar surface area (TPSA) is 122 Å². The van der Waals surface area contributed by atoms with Crippen LogP contribution in [0.25, 0.3) is 11.4 Å². The Bertz CT molecular complexity index is 902. The molecule has 9 heteroatoms. The fourth-order valence-electron chi connectivity index (χ4n) is 3.29. The summed E-state index contributed by atoms with van der Waals surface area (Å²) in [6.07, 6.45) is 3.52. The molecule has 0 radical (unpaired) electrons. The van der Waals surface area contributed by atoms with Crippen molar-refractivity contribution < 1.29 is 14.8 Å². The van der Waals surface area contributed by atoms with Gasteiger partial charge < -0.3 is 20.1 Å². The van der Waals surface area contributed by atoms with Crippen LogP contribution < -0.4 is 5.23 Å². The lowest BCUT2D eigenvalue weighted by atomic mass is 10.1. The number of hydrogen-bond acceptors (Lipinski definition) is 9. The molecular weight excluding hydrogens is 350 g/mol. The molecular formula is C18H18N5O4-. The van der Waals surface area contributed by atoms with Crippen molar-refractivity contribution in [3.05, 3.63) is 65.5 Å². The van der Waals surface area contributed by atoms with E-state index in [1.54, 1.807) is 24.5 Å². The number of aromatic nitrogens is 3. The van der Waals surface area contributed by atoms with Crippen LogP contribution in [0.15, 0.2) is 53.3 Å². The van der Waals surface area contributed by atoms with Gasteiger partial charge in [0.2, 0.25) is 11.7 Å². The minimum absolute atomic E-state index is 0.0772. The van der Waals surface area contributed by atoms with E-state index in [0.29, 0.717) is 36.8 Å². The molecule has 27 heavy (non-hydrogen) atoms. The van der Waals surface area contributed by atoms with Crippen LogP contribution in [0.1, 0.15) is 23.9 Å². The second-order valence-electron chi connectivity index (χ2n) is 6.48. The molecule has 0 bridgehead atoms. The van der Waals surface area contributed by atoms with Crippen molar-refractivity contribution in [1.82, 2.24) is 20.0 Å². The second kappa shape index (κ2) is 7.41. The van der Waals surface area contributed by atoms with E-state index in [0.717, 1.165) is 5.56 Å². The van der Waals surface area contributed by atoms with E-state index < -0.39 is 6.10 Å². The van der Waals surface area contributed by atoms with Crippen LogP contribution in [0, 0.1) is 5.21 Å². The number of β-amino-alcohol motifs (C(OH)–C–C–N with tert-alkyl or cyclic N) is 1. The molecule has 0 aliphatic carbocycles. The normalized spacial score (nSPS) is 20.1. The lowest BCUT2D eigenvalue weighted by Crippen LogP contribution is -2.24. The van der Waals surface area contributed by atoms with Gasteiger partial charge in [-0.25, -0.2) is 0 Å². The van der Waals surface area contributed by atoms with Gasteiger partial charge in [-0.05, 0) is 30.2 Å². The summed E-state index contributed by atoms with van der Waals surface area (Å²) < 4.78 is 5.44. The van der Waals surface area contributed by atoms with Gasteiger partial charge in [0.15, 0.2) is 0 Å². The van der Waals surface area contributed by atoms with Gasteiger partial charge in [-0.3, -0.25) is 15.1 Å². The van der Waals surface area contributed by atoms with Crippen molar-refractivity contribution in [2.45, 2.75) is 25.1 Å². The number of likely N-dealkylation sites (tertiary alicyclic amines) is 1. The van der Waals surface area contributed by atoms with Gasteiger partial charge >= 0.3 is 0 Å². The summed E-state index contributed by atoms with van der Waals surface area (Å²) >= 11 is 0. The average molecular weight is 368 g/mol. The lowest BCUT2D eigenvalue weighted by Gasteiger charge is -2.21. The van der Waals surface area contributed by atoms with Crippen LogP contribution in [0.5, 0.6) is 0 Å². The van der Waals surface area contributed by atoms with Crippen LogP contribution in [0.2, 0.25) is 0 Å². The third-order valence-electron chi connectivity index (χ3n) is 4.54. The highest BCUT2D eigenvalue weighted by Gasteiger charge is 2.36. The third kappa shape index (κ3) is 3.81. The van der Waals surface area contributed by atoms with Crippen molar-refractivity contribution in [3.63, 3.8) is 0 Å². The molecule has 0 unspecified atom stereocenters. The highest BCUT2D eigenvalue weighted by atomic mass is 16.8. The van der Waals surface area contributed by atoms with Crippen molar-refractivity contribution in [1.29, 1.82) is 0 Å². The SMILES string of the molecule is [O-]N(O)c1cccc(-c2noc([C@@H]3C[C@@H](O)CN3Cc3cccnc3)n2)c1. The summed E-state index contributed by atoms with van der Waals surface area (Å²) in [5.74, 6) is 0.718. The van der Waals surface area contributed by atoms with Crippen LogP contribution in [-0.4, -0.2) is 43.0 Å². The molecule has 2 atom stereocenters. The van der Waals surface area contributed by atoms with Gasteiger partial charge in [0, 0.05) is 31.0 Å². The average Bonchev–Trinajstić information content (AvgIpc) is 3.29. The van der Waals surface area contributed by atoms with Gasteiger partial charge in [0.1, 0.15) is 0 Å². The van der Waals surface area contributed by atoms with Crippen LogP contribution in [0.3, 0.4) is 0 Å². The Kier molecular flexibility index (Phi) is 4.82. The molecule has 140 valence electrons. The van der Waals surface area contributed by atoms with Gasteiger partial charge in [-0.1, -0.05) is 23.4 Å². The monoisotopic (exact) mass is 368 g/mol. The molecule has 1 aliphatic heterocycles. The first-order chi connectivity index (χ1) is 13.1. The first kappa shape index (κ1) is 17.6. The Balaban J connectivity index is 1.57. The van der Waals surface area contributed by atoms with Crippen LogP contribution in [-0.2, 0) is 6.54 Å². The molecule has 1 aromatic carbocycles. The fraction of sp³-hybridized carbons (Fsp3) is 0.278. The summed E-state index contributed by atoms with van der Waals surface area (Å²) in [4.78, 5) is 10.6. The predicted molar refractivity (Wildman–Crippen MR) is 95.4 cm³/mol. The van der Waals surface area contributed by atoms with Gasteiger partial charge in [0.05, 0.1) is 17.8 Å². The van der Waals surface area contributed by atoms with Crippen LogP contribution in [0.4, 0.5) is 5.69 Å².